The van der Waals surface area contributed by atoms with Gasteiger partial charge >= 0.3 is 0 Å². The Morgan fingerprint density at radius 3 is 2.92 bits per heavy atom. The third-order valence-corrected chi connectivity index (χ3v) is 1.83. The molecule has 1 rings (SSSR count). The van der Waals surface area contributed by atoms with Gasteiger partial charge in [-0.3, -0.25) is 10.3 Å². The summed E-state index contributed by atoms with van der Waals surface area (Å²) in [6, 6.07) is 1.88. The van der Waals surface area contributed by atoms with E-state index in [2.05, 4.69) is 26.2 Å². The topological polar surface area (TPSA) is 34.1 Å². The number of hydrogen-bond donors (Lipinski definition) is 1. The van der Waals surface area contributed by atoms with E-state index < -0.39 is 0 Å². The van der Waals surface area contributed by atoms with Crippen molar-refractivity contribution in [2.45, 2.75) is 13.2 Å². The van der Waals surface area contributed by atoms with Crippen LogP contribution in [0.15, 0.2) is 22.9 Å². The lowest BCUT2D eigenvalue weighted by Crippen LogP contribution is -2.27. The fourth-order valence-electron chi connectivity index (χ4n) is 0.720. The highest BCUT2D eigenvalue weighted by Crippen LogP contribution is 2.16. The molecule has 0 spiro atoms. The first-order valence-corrected chi connectivity index (χ1v) is 4.46. The Hall–Kier alpha value is -0.610. The summed E-state index contributed by atoms with van der Waals surface area (Å²) in [4.78, 5) is 3.97. The Bertz CT molecular complexity index is 255. The molecule has 1 heterocycles. The molecular weight excluding hydrogens is 220 g/mol. The monoisotopic (exact) mass is 230 g/mol. The normalized spacial score (nSPS) is 12.6. The van der Waals surface area contributed by atoms with Crippen molar-refractivity contribution in [3.63, 3.8) is 0 Å². The Kier molecular flexibility index (Phi) is 3.49. The number of halogens is 1. The van der Waals surface area contributed by atoms with Crippen LogP contribution in [-0.2, 0) is 0 Å². The van der Waals surface area contributed by atoms with E-state index in [4.69, 9.17) is 4.74 Å². The predicted molar refractivity (Wildman–Crippen MR) is 51.1 cm³/mol. The van der Waals surface area contributed by atoms with Gasteiger partial charge < -0.3 is 4.74 Å². The maximum Gasteiger partial charge on any atom is 0.147 e. The number of ether oxygens (including phenoxy) is 1. The number of aromatic nitrogens is 1. The Balaban J connectivity index is 2.63. The number of pyridine rings is 1. The molecule has 0 saturated carbocycles. The van der Waals surface area contributed by atoms with Crippen LogP contribution in [0.25, 0.3) is 0 Å². The lowest BCUT2D eigenvalue weighted by atomic mass is 10.4. The Labute approximate surface area is 80.3 Å². The summed E-state index contributed by atoms with van der Waals surface area (Å²) < 4.78 is 6.36. The van der Waals surface area contributed by atoms with Gasteiger partial charge in [0, 0.05) is 10.7 Å². The summed E-state index contributed by atoms with van der Waals surface area (Å²) in [5, 5.41) is 2.97. The highest BCUT2D eigenvalue weighted by Gasteiger charge is 2.00. The van der Waals surface area contributed by atoms with Gasteiger partial charge in [0.05, 0.1) is 6.20 Å². The zero-order valence-corrected chi connectivity index (χ0v) is 8.63. The van der Waals surface area contributed by atoms with E-state index in [-0.39, 0.29) is 6.23 Å². The summed E-state index contributed by atoms with van der Waals surface area (Å²) in [5.41, 5.74) is 0. The van der Waals surface area contributed by atoms with Gasteiger partial charge in [0.15, 0.2) is 0 Å². The number of nitrogens with zero attached hydrogens (tertiary/aromatic N) is 1. The van der Waals surface area contributed by atoms with Gasteiger partial charge in [0.2, 0.25) is 0 Å². The van der Waals surface area contributed by atoms with Gasteiger partial charge in [-0.2, -0.15) is 0 Å². The second-order valence-corrected chi connectivity index (χ2v) is 3.30. The molecule has 0 aliphatic carbocycles. The smallest absolute Gasteiger partial charge is 0.147 e. The molecule has 1 N–H and O–H groups in total. The molecule has 12 heavy (non-hydrogen) atoms. The molecule has 1 unspecified atom stereocenters. The van der Waals surface area contributed by atoms with Crippen LogP contribution < -0.4 is 10.1 Å². The van der Waals surface area contributed by atoms with Gasteiger partial charge in [-0.1, -0.05) is 0 Å². The molecule has 0 aliphatic rings. The summed E-state index contributed by atoms with van der Waals surface area (Å²) in [5.74, 6) is 0.756. The minimum absolute atomic E-state index is 0.00102. The van der Waals surface area contributed by atoms with Crippen molar-refractivity contribution in [3.05, 3.63) is 22.9 Å². The molecule has 1 aromatic heterocycles. The van der Waals surface area contributed by atoms with Crippen molar-refractivity contribution in [1.82, 2.24) is 10.3 Å². The zero-order valence-electron chi connectivity index (χ0n) is 7.04. The van der Waals surface area contributed by atoms with Crippen LogP contribution in [0.1, 0.15) is 6.92 Å². The second kappa shape index (κ2) is 4.42. The average molecular weight is 231 g/mol. The van der Waals surface area contributed by atoms with Crippen molar-refractivity contribution in [1.29, 1.82) is 0 Å². The van der Waals surface area contributed by atoms with Crippen molar-refractivity contribution in [3.8, 4) is 5.75 Å². The molecule has 0 aliphatic heterocycles. The summed E-state index contributed by atoms with van der Waals surface area (Å²) in [6.45, 7) is 1.93. The second-order valence-electron chi connectivity index (χ2n) is 2.39. The standard InChI is InChI=1S/C8H11BrN2O/c1-6(10-2)12-8-3-7(9)4-11-5-8/h3-6,10H,1-2H3. The molecule has 0 aromatic carbocycles. The first-order valence-electron chi connectivity index (χ1n) is 3.67. The number of nitrogens with one attached hydrogen (secondary N) is 1. The molecule has 0 radical (unpaired) electrons. The van der Waals surface area contributed by atoms with Crippen LogP contribution in [0, 0.1) is 0 Å². The minimum Gasteiger partial charge on any atom is -0.474 e. The van der Waals surface area contributed by atoms with E-state index in [0.29, 0.717) is 0 Å². The van der Waals surface area contributed by atoms with Gasteiger partial charge in [-0.05, 0) is 36.0 Å². The third kappa shape index (κ3) is 2.79. The van der Waals surface area contributed by atoms with Crippen molar-refractivity contribution in [2.24, 2.45) is 0 Å². The number of hydrogen-bond acceptors (Lipinski definition) is 3. The molecule has 66 valence electrons. The summed E-state index contributed by atoms with van der Waals surface area (Å²) >= 11 is 3.31. The van der Waals surface area contributed by atoms with Crippen molar-refractivity contribution < 1.29 is 4.74 Å². The van der Waals surface area contributed by atoms with Gasteiger partial charge in [0.1, 0.15) is 12.0 Å². The maximum atomic E-state index is 5.44. The molecule has 1 aromatic rings. The van der Waals surface area contributed by atoms with E-state index in [1.54, 1.807) is 12.4 Å². The van der Waals surface area contributed by atoms with Crippen LogP contribution in [-0.4, -0.2) is 18.3 Å². The lowest BCUT2D eigenvalue weighted by molar-refractivity contribution is 0.193. The predicted octanol–water partition coefficient (Wildman–Crippen LogP) is 1.79. The third-order valence-electron chi connectivity index (χ3n) is 1.40. The summed E-state index contributed by atoms with van der Waals surface area (Å²) in [7, 11) is 1.84. The molecule has 0 saturated heterocycles. The molecule has 4 heteroatoms. The van der Waals surface area contributed by atoms with Crippen molar-refractivity contribution in [2.75, 3.05) is 7.05 Å². The van der Waals surface area contributed by atoms with E-state index >= 15 is 0 Å². The number of rotatable bonds is 3. The van der Waals surface area contributed by atoms with Crippen LogP contribution in [0.3, 0.4) is 0 Å². The van der Waals surface area contributed by atoms with E-state index in [1.807, 2.05) is 20.0 Å². The Morgan fingerprint density at radius 2 is 2.33 bits per heavy atom. The van der Waals surface area contributed by atoms with Crippen molar-refractivity contribution >= 4 is 15.9 Å². The van der Waals surface area contributed by atoms with Gasteiger partial charge in [0.25, 0.3) is 0 Å². The van der Waals surface area contributed by atoms with E-state index in [1.165, 1.54) is 0 Å². The largest absolute Gasteiger partial charge is 0.474 e. The van der Waals surface area contributed by atoms with Crippen LogP contribution in [0.5, 0.6) is 5.75 Å². The average Bonchev–Trinajstić information content (AvgIpc) is 2.04. The SMILES string of the molecule is CNC(C)Oc1cncc(Br)c1. The van der Waals surface area contributed by atoms with Gasteiger partial charge in [-0.25, -0.2) is 0 Å². The lowest BCUT2D eigenvalue weighted by Gasteiger charge is -2.12. The summed E-state index contributed by atoms with van der Waals surface area (Å²) in [6.07, 6.45) is 3.40. The maximum absolute atomic E-state index is 5.44. The molecule has 3 nitrogen and oxygen atoms in total. The minimum atomic E-state index is 0.00102. The first kappa shape index (κ1) is 9.48. The zero-order chi connectivity index (χ0) is 8.97. The molecule has 1 atom stereocenters. The molecule has 0 fully saturated rings. The molecule has 0 amide bonds. The quantitative estimate of drug-likeness (QED) is 0.805. The van der Waals surface area contributed by atoms with E-state index in [0.717, 1.165) is 10.2 Å². The fraction of sp³-hybridized carbons (Fsp3) is 0.375. The van der Waals surface area contributed by atoms with Crippen LogP contribution in [0.2, 0.25) is 0 Å². The van der Waals surface area contributed by atoms with Crippen LogP contribution in [0.4, 0.5) is 0 Å². The fourth-order valence-corrected chi connectivity index (χ4v) is 1.06. The van der Waals surface area contributed by atoms with Crippen LogP contribution >= 0.6 is 15.9 Å². The Morgan fingerprint density at radius 1 is 1.58 bits per heavy atom. The highest BCUT2D eigenvalue weighted by molar-refractivity contribution is 9.10. The molecule has 0 bridgehead atoms. The highest BCUT2D eigenvalue weighted by atomic mass is 79.9. The van der Waals surface area contributed by atoms with Gasteiger partial charge in [-0.15, -0.1) is 0 Å². The van der Waals surface area contributed by atoms with E-state index in [9.17, 15) is 0 Å². The first-order chi connectivity index (χ1) is 5.72. The molecular formula is C8H11BrN2O.